The Kier molecular flexibility index (Phi) is 6.24. The average molecular weight is 423 g/mol. The van der Waals surface area contributed by atoms with Crippen LogP contribution in [0.4, 0.5) is 5.69 Å². The first-order chi connectivity index (χ1) is 14.7. The van der Waals surface area contributed by atoms with Crippen LogP contribution < -0.4 is 10.1 Å². The van der Waals surface area contributed by atoms with Crippen LogP contribution in [0.3, 0.4) is 0 Å². The monoisotopic (exact) mass is 422 g/mol. The summed E-state index contributed by atoms with van der Waals surface area (Å²) in [6, 6.07) is 15.4. The standard InChI is InChI=1S/C25H27ClN2O2/c1-2-17-30-22-13-12-21(18-9-8-16-27-23(18)22)28-24(29)25(14-6-3-7-15-25)19-10-4-5-11-20(19)26/h4-5,8-13,16H,2-3,6-7,14-15,17H2,1H3,(H,28,29). The van der Waals surface area contributed by atoms with E-state index in [1.54, 1.807) is 6.20 Å². The van der Waals surface area contributed by atoms with Crippen LogP contribution in [0.1, 0.15) is 51.0 Å². The van der Waals surface area contributed by atoms with E-state index in [0.29, 0.717) is 11.6 Å². The Hall–Kier alpha value is -2.59. The molecule has 0 unspecified atom stereocenters. The zero-order chi connectivity index (χ0) is 21.0. The van der Waals surface area contributed by atoms with Crippen molar-refractivity contribution in [3.05, 3.63) is 65.3 Å². The summed E-state index contributed by atoms with van der Waals surface area (Å²) in [5, 5.41) is 4.75. The van der Waals surface area contributed by atoms with Crippen molar-refractivity contribution >= 4 is 34.1 Å². The molecule has 1 N–H and O–H groups in total. The summed E-state index contributed by atoms with van der Waals surface area (Å²) in [6.07, 6.45) is 7.46. The third-order valence-corrected chi connectivity index (χ3v) is 6.30. The lowest BCUT2D eigenvalue weighted by Crippen LogP contribution is -2.42. The number of carbonyl (C=O) groups excluding carboxylic acids is 1. The summed E-state index contributed by atoms with van der Waals surface area (Å²) in [7, 11) is 0. The molecule has 0 saturated heterocycles. The topological polar surface area (TPSA) is 51.2 Å². The molecule has 1 amide bonds. The van der Waals surface area contributed by atoms with E-state index in [2.05, 4.69) is 17.2 Å². The van der Waals surface area contributed by atoms with Gasteiger partial charge in [-0.3, -0.25) is 9.78 Å². The summed E-state index contributed by atoms with van der Waals surface area (Å²) >= 11 is 6.55. The minimum atomic E-state index is -0.609. The van der Waals surface area contributed by atoms with Gasteiger partial charge in [0.1, 0.15) is 11.3 Å². The molecule has 1 aliphatic carbocycles. The van der Waals surface area contributed by atoms with Crippen LogP contribution in [0, 0.1) is 0 Å². The predicted octanol–water partition coefficient (Wildman–Crippen LogP) is 6.52. The first-order valence-corrected chi connectivity index (χ1v) is 11.1. The van der Waals surface area contributed by atoms with E-state index < -0.39 is 5.41 Å². The lowest BCUT2D eigenvalue weighted by molar-refractivity contribution is -0.122. The minimum Gasteiger partial charge on any atom is -0.491 e. The molecule has 5 heteroatoms. The number of benzene rings is 2. The fourth-order valence-corrected chi connectivity index (χ4v) is 4.77. The van der Waals surface area contributed by atoms with Gasteiger partial charge in [-0.2, -0.15) is 0 Å². The van der Waals surface area contributed by atoms with Crippen LogP contribution in [0.2, 0.25) is 5.02 Å². The van der Waals surface area contributed by atoms with Gasteiger partial charge in [-0.05, 0) is 55.2 Å². The molecule has 4 rings (SSSR count). The number of hydrogen-bond donors (Lipinski definition) is 1. The van der Waals surface area contributed by atoms with Gasteiger partial charge >= 0.3 is 0 Å². The normalized spacial score (nSPS) is 15.7. The van der Waals surface area contributed by atoms with E-state index in [1.165, 1.54) is 0 Å². The fourth-order valence-electron chi connectivity index (χ4n) is 4.45. The van der Waals surface area contributed by atoms with Crippen LogP contribution in [0.25, 0.3) is 10.9 Å². The molecule has 1 fully saturated rings. The van der Waals surface area contributed by atoms with Crippen molar-refractivity contribution in [2.24, 2.45) is 0 Å². The molecule has 0 atom stereocenters. The smallest absolute Gasteiger partial charge is 0.235 e. The molecule has 0 spiro atoms. The van der Waals surface area contributed by atoms with Gasteiger partial charge in [-0.1, -0.05) is 56.0 Å². The maximum atomic E-state index is 13.7. The Morgan fingerprint density at radius 3 is 2.67 bits per heavy atom. The van der Waals surface area contributed by atoms with Gasteiger partial charge in [0, 0.05) is 16.6 Å². The lowest BCUT2D eigenvalue weighted by atomic mass is 9.68. The van der Waals surface area contributed by atoms with Gasteiger partial charge in [0.2, 0.25) is 5.91 Å². The highest BCUT2D eigenvalue weighted by atomic mass is 35.5. The second kappa shape index (κ2) is 9.05. The van der Waals surface area contributed by atoms with Crippen molar-refractivity contribution in [3.63, 3.8) is 0 Å². The zero-order valence-electron chi connectivity index (χ0n) is 17.3. The maximum Gasteiger partial charge on any atom is 0.235 e. The molecular weight excluding hydrogens is 396 g/mol. The van der Waals surface area contributed by atoms with E-state index >= 15 is 0 Å². The van der Waals surface area contributed by atoms with Crippen molar-refractivity contribution < 1.29 is 9.53 Å². The SMILES string of the molecule is CCCOc1ccc(NC(=O)C2(c3ccccc3Cl)CCCCC2)c2cccnc12. The Balaban J connectivity index is 1.72. The average Bonchev–Trinajstić information content (AvgIpc) is 2.79. The highest BCUT2D eigenvalue weighted by molar-refractivity contribution is 6.32. The lowest BCUT2D eigenvalue weighted by Gasteiger charge is -2.37. The Morgan fingerprint density at radius 2 is 1.90 bits per heavy atom. The van der Waals surface area contributed by atoms with Gasteiger partial charge in [-0.15, -0.1) is 0 Å². The molecule has 156 valence electrons. The summed E-state index contributed by atoms with van der Waals surface area (Å²) in [4.78, 5) is 18.2. The van der Waals surface area contributed by atoms with E-state index in [9.17, 15) is 4.79 Å². The van der Waals surface area contributed by atoms with Crippen molar-refractivity contribution in [1.82, 2.24) is 4.98 Å². The summed E-state index contributed by atoms with van der Waals surface area (Å²) in [5.74, 6) is 0.742. The van der Waals surface area contributed by atoms with Crippen molar-refractivity contribution in [2.45, 2.75) is 50.9 Å². The second-order valence-corrected chi connectivity index (χ2v) is 8.34. The van der Waals surface area contributed by atoms with Crippen LogP contribution in [0.5, 0.6) is 5.75 Å². The Morgan fingerprint density at radius 1 is 1.10 bits per heavy atom. The number of ether oxygens (including phenoxy) is 1. The number of anilines is 1. The third-order valence-electron chi connectivity index (χ3n) is 5.97. The molecule has 3 aromatic rings. The number of aromatic nitrogens is 1. The van der Waals surface area contributed by atoms with Gasteiger partial charge in [0.25, 0.3) is 0 Å². The highest BCUT2D eigenvalue weighted by Gasteiger charge is 2.42. The Bertz CT molecular complexity index is 1040. The van der Waals surface area contributed by atoms with E-state index in [4.69, 9.17) is 16.3 Å². The number of fused-ring (bicyclic) bond motifs is 1. The number of amides is 1. The molecule has 1 heterocycles. The van der Waals surface area contributed by atoms with Crippen LogP contribution in [-0.4, -0.2) is 17.5 Å². The second-order valence-electron chi connectivity index (χ2n) is 7.94. The number of nitrogens with one attached hydrogen (secondary N) is 1. The molecular formula is C25H27ClN2O2. The Labute approximate surface area is 182 Å². The number of nitrogens with zero attached hydrogens (tertiary/aromatic N) is 1. The van der Waals surface area contributed by atoms with Crippen molar-refractivity contribution in [1.29, 1.82) is 0 Å². The fraction of sp³-hybridized carbons (Fsp3) is 0.360. The number of carbonyl (C=O) groups is 1. The summed E-state index contributed by atoms with van der Waals surface area (Å²) in [5.41, 5.74) is 1.83. The molecule has 0 aliphatic heterocycles. The van der Waals surface area contributed by atoms with Crippen molar-refractivity contribution in [3.8, 4) is 5.75 Å². The van der Waals surface area contributed by atoms with E-state index in [0.717, 1.165) is 66.4 Å². The number of pyridine rings is 1. The van der Waals surface area contributed by atoms with Gasteiger partial charge in [0.15, 0.2) is 0 Å². The molecule has 0 bridgehead atoms. The number of rotatable bonds is 6. The van der Waals surface area contributed by atoms with Crippen LogP contribution >= 0.6 is 11.6 Å². The zero-order valence-corrected chi connectivity index (χ0v) is 18.0. The molecule has 0 radical (unpaired) electrons. The largest absolute Gasteiger partial charge is 0.491 e. The molecule has 1 aliphatic rings. The molecule has 1 saturated carbocycles. The third kappa shape index (κ3) is 3.89. The molecule has 4 nitrogen and oxygen atoms in total. The van der Waals surface area contributed by atoms with E-state index in [1.807, 2.05) is 48.5 Å². The summed E-state index contributed by atoms with van der Waals surface area (Å²) < 4.78 is 5.86. The van der Waals surface area contributed by atoms with Crippen molar-refractivity contribution in [2.75, 3.05) is 11.9 Å². The molecule has 2 aromatic carbocycles. The van der Waals surface area contributed by atoms with E-state index in [-0.39, 0.29) is 5.91 Å². The first-order valence-electron chi connectivity index (χ1n) is 10.7. The minimum absolute atomic E-state index is 0.00248. The van der Waals surface area contributed by atoms with Crippen LogP contribution in [-0.2, 0) is 10.2 Å². The van der Waals surface area contributed by atoms with Gasteiger partial charge < -0.3 is 10.1 Å². The predicted molar refractivity (Wildman–Crippen MR) is 122 cm³/mol. The summed E-state index contributed by atoms with van der Waals surface area (Å²) in [6.45, 7) is 2.70. The first kappa shape index (κ1) is 20.7. The molecule has 30 heavy (non-hydrogen) atoms. The quantitative estimate of drug-likeness (QED) is 0.492. The van der Waals surface area contributed by atoms with Gasteiger partial charge in [0.05, 0.1) is 17.7 Å². The van der Waals surface area contributed by atoms with Gasteiger partial charge in [-0.25, -0.2) is 0 Å². The number of halogens is 1. The molecule has 1 aromatic heterocycles. The maximum absolute atomic E-state index is 13.7. The van der Waals surface area contributed by atoms with Crippen LogP contribution in [0.15, 0.2) is 54.7 Å². The number of hydrogen-bond acceptors (Lipinski definition) is 3. The highest BCUT2D eigenvalue weighted by Crippen LogP contribution is 2.43.